The van der Waals surface area contributed by atoms with Crippen molar-refractivity contribution in [3.8, 4) is 0 Å². The standard InChI is InChI=1S/C17H24N2O2/c1-16(2,3)11-19-13(12-9-7-6-8-10-12)14(20)18-17(4,5)15(19)21/h6-10,13H,11H2,1-5H3,(H,18,20). The van der Waals surface area contributed by atoms with Crippen LogP contribution in [-0.4, -0.2) is 28.8 Å². The molecule has 0 aromatic heterocycles. The van der Waals surface area contributed by atoms with Crippen molar-refractivity contribution in [2.24, 2.45) is 5.41 Å². The number of carbonyl (C=O) groups is 2. The zero-order valence-corrected chi connectivity index (χ0v) is 13.4. The van der Waals surface area contributed by atoms with E-state index in [1.807, 2.05) is 30.3 Å². The fourth-order valence-electron chi connectivity index (χ4n) is 2.69. The molecule has 1 N–H and O–H groups in total. The van der Waals surface area contributed by atoms with Gasteiger partial charge in [0.1, 0.15) is 11.6 Å². The molecule has 1 unspecified atom stereocenters. The van der Waals surface area contributed by atoms with Crippen LogP contribution in [0.4, 0.5) is 0 Å². The number of piperazine rings is 1. The number of carbonyl (C=O) groups excluding carboxylic acids is 2. The van der Waals surface area contributed by atoms with Gasteiger partial charge in [-0.3, -0.25) is 9.59 Å². The SMILES string of the molecule is CC(C)(C)CN1C(=O)C(C)(C)NC(=O)C1c1ccccc1. The molecule has 4 heteroatoms. The summed E-state index contributed by atoms with van der Waals surface area (Å²) in [5.41, 5.74) is -0.0765. The molecular weight excluding hydrogens is 264 g/mol. The van der Waals surface area contributed by atoms with E-state index in [0.717, 1.165) is 5.56 Å². The van der Waals surface area contributed by atoms with Crippen LogP contribution in [0.25, 0.3) is 0 Å². The van der Waals surface area contributed by atoms with Crippen LogP contribution in [0, 0.1) is 5.41 Å². The molecule has 0 bridgehead atoms. The van der Waals surface area contributed by atoms with Crippen molar-refractivity contribution in [1.82, 2.24) is 10.2 Å². The van der Waals surface area contributed by atoms with E-state index in [0.29, 0.717) is 6.54 Å². The summed E-state index contributed by atoms with van der Waals surface area (Å²) in [7, 11) is 0. The van der Waals surface area contributed by atoms with E-state index >= 15 is 0 Å². The predicted octanol–water partition coefficient (Wildman–Crippen LogP) is 2.51. The monoisotopic (exact) mass is 288 g/mol. The first-order valence-corrected chi connectivity index (χ1v) is 7.30. The minimum absolute atomic E-state index is 0.0362. The Morgan fingerprint density at radius 1 is 1.14 bits per heavy atom. The lowest BCUT2D eigenvalue weighted by Gasteiger charge is -2.45. The van der Waals surface area contributed by atoms with Crippen LogP contribution in [0.2, 0.25) is 0 Å². The van der Waals surface area contributed by atoms with Crippen LogP contribution in [0.3, 0.4) is 0 Å². The molecule has 1 saturated heterocycles. The fraction of sp³-hybridized carbons (Fsp3) is 0.529. The van der Waals surface area contributed by atoms with Crippen molar-refractivity contribution < 1.29 is 9.59 Å². The van der Waals surface area contributed by atoms with Crippen LogP contribution in [0.15, 0.2) is 30.3 Å². The Bertz CT molecular complexity index is 544. The number of nitrogens with one attached hydrogen (secondary N) is 1. The lowest BCUT2D eigenvalue weighted by molar-refractivity contribution is -0.155. The van der Waals surface area contributed by atoms with Crippen molar-refractivity contribution in [3.63, 3.8) is 0 Å². The summed E-state index contributed by atoms with van der Waals surface area (Å²) in [4.78, 5) is 27.0. The first-order valence-electron chi connectivity index (χ1n) is 7.30. The predicted molar refractivity (Wildman–Crippen MR) is 82.6 cm³/mol. The maximum absolute atomic E-state index is 12.8. The maximum Gasteiger partial charge on any atom is 0.248 e. The summed E-state index contributed by atoms with van der Waals surface area (Å²) < 4.78 is 0. The molecule has 1 aliphatic rings. The zero-order valence-electron chi connectivity index (χ0n) is 13.4. The largest absolute Gasteiger partial charge is 0.340 e. The average Bonchev–Trinajstić information content (AvgIpc) is 2.35. The third kappa shape index (κ3) is 3.26. The lowest BCUT2D eigenvalue weighted by atomic mass is 9.89. The molecule has 0 saturated carbocycles. The fourth-order valence-corrected chi connectivity index (χ4v) is 2.69. The topological polar surface area (TPSA) is 49.4 Å². The van der Waals surface area contributed by atoms with Gasteiger partial charge in [-0.25, -0.2) is 0 Å². The van der Waals surface area contributed by atoms with Crippen LogP contribution in [0.5, 0.6) is 0 Å². The number of rotatable bonds is 2. The molecule has 0 aliphatic carbocycles. The van der Waals surface area contributed by atoms with Gasteiger partial charge < -0.3 is 10.2 Å². The molecule has 1 heterocycles. The maximum atomic E-state index is 12.8. The quantitative estimate of drug-likeness (QED) is 0.909. The zero-order chi connectivity index (χ0) is 15.8. The highest BCUT2D eigenvalue weighted by molar-refractivity contribution is 5.99. The average molecular weight is 288 g/mol. The van der Waals surface area contributed by atoms with E-state index in [2.05, 4.69) is 26.1 Å². The molecule has 0 spiro atoms. The third-order valence-electron chi connectivity index (χ3n) is 3.55. The lowest BCUT2D eigenvalue weighted by Crippen LogP contribution is -2.65. The minimum Gasteiger partial charge on any atom is -0.340 e. The Balaban J connectivity index is 2.44. The highest BCUT2D eigenvalue weighted by Gasteiger charge is 2.46. The Kier molecular flexibility index (Phi) is 3.83. The molecule has 114 valence electrons. The van der Waals surface area contributed by atoms with Crippen molar-refractivity contribution in [2.75, 3.05) is 6.54 Å². The summed E-state index contributed by atoms with van der Waals surface area (Å²) >= 11 is 0. The first-order chi connectivity index (χ1) is 9.62. The van der Waals surface area contributed by atoms with Crippen molar-refractivity contribution in [3.05, 3.63) is 35.9 Å². The molecule has 21 heavy (non-hydrogen) atoms. The summed E-state index contributed by atoms with van der Waals surface area (Å²) in [6.07, 6.45) is 0. The summed E-state index contributed by atoms with van der Waals surface area (Å²) in [5.74, 6) is -0.152. The van der Waals surface area contributed by atoms with E-state index in [1.54, 1.807) is 18.7 Å². The van der Waals surface area contributed by atoms with Gasteiger partial charge in [0.15, 0.2) is 0 Å². The summed E-state index contributed by atoms with van der Waals surface area (Å²) in [5, 5.41) is 2.84. The Hall–Kier alpha value is -1.84. The van der Waals surface area contributed by atoms with E-state index in [9.17, 15) is 9.59 Å². The van der Waals surface area contributed by atoms with Crippen molar-refractivity contribution >= 4 is 11.8 Å². The molecule has 1 atom stereocenters. The van der Waals surface area contributed by atoms with Crippen LogP contribution >= 0.6 is 0 Å². The molecule has 0 radical (unpaired) electrons. The summed E-state index contributed by atoms with van der Waals surface area (Å²) in [6, 6.07) is 8.93. The van der Waals surface area contributed by atoms with Crippen molar-refractivity contribution in [1.29, 1.82) is 0 Å². The van der Waals surface area contributed by atoms with Gasteiger partial charge in [-0.1, -0.05) is 51.1 Å². The normalized spacial score (nSPS) is 22.1. The molecule has 1 aromatic carbocycles. The van der Waals surface area contributed by atoms with E-state index in [1.165, 1.54) is 0 Å². The highest BCUT2D eigenvalue weighted by atomic mass is 16.2. The minimum atomic E-state index is -0.854. The Labute approximate surface area is 126 Å². The highest BCUT2D eigenvalue weighted by Crippen LogP contribution is 2.32. The van der Waals surface area contributed by atoms with Crippen molar-refractivity contribution in [2.45, 2.75) is 46.2 Å². The molecule has 2 amide bonds. The van der Waals surface area contributed by atoms with Gasteiger partial charge in [-0.05, 0) is 24.8 Å². The number of nitrogens with zero attached hydrogens (tertiary/aromatic N) is 1. The van der Waals surface area contributed by atoms with E-state index < -0.39 is 11.6 Å². The van der Waals surface area contributed by atoms with Crippen LogP contribution < -0.4 is 5.32 Å². The van der Waals surface area contributed by atoms with Gasteiger partial charge in [-0.2, -0.15) is 0 Å². The first kappa shape index (κ1) is 15.5. The second-order valence-electron chi connectivity index (χ2n) is 7.42. The molecule has 1 aliphatic heterocycles. The second kappa shape index (κ2) is 5.17. The Morgan fingerprint density at radius 3 is 2.24 bits per heavy atom. The molecule has 4 nitrogen and oxygen atoms in total. The van der Waals surface area contributed by atoms with E-state index in [-0.39, 0.29) is 17.2 Å². The molecule has 1 fully saturated rings. The van der Waals surface area contributed by atoms with Gasteiger partial charge >= 0.3 is 0 Å². The smallest absolute Gasteiger partial charge is 0.248 e. The third-order valence-corrected chi connectivity index (χ3v) is 3.55. The number of amides is 2. The number of benzene rings is 1. The molecule has 1 aromatic rings. The van der Waals surface area contributed by atoms with Crippen LogP contribution in [0.1, 0.15) is 46.2 Å². The number of hydrogen-bond donors (Lipinski definition) is 1. The van der Waals surface area contributed by atoms with Gasteiger partial charge in [0.25, 0.3) is 0 Å². The van der Waals surface area contributed by atoms with Gasteiger partial charge in [0, 0.05) is 6.54 Å². The molecular formula is C17H24N2O2. The van der Waals surface area contributed by atoms with Gasteiger partial charge in [0.05, 0.1) is 0 Å². The number of hydrogen-bond acceptors (Lipinski definition) is 2. The molecule has 2 rings (SSSR count). The summed E-state index contributed by atoms with van der Waals surface area (Å²) in [6.45, 7) is 10.3. The second-order valence-corrected chi connectivity index (χ2v) is 7.42. The van der Waals surface area contributed by atoms with E-state index in [4.69, 9.17) is 0 Å². The van der Waals surface area contributed by atoms with Gasteiger partial charge in [0.2, 0.25) is 11.8 Å². The Morgan fingerprint density at radius 2 is 1.71 bits per heavy atom. The van der Waals surface area contributed by atoms with Crippen LogP contribution in [-0.2, 0) is 9.59 Å². The van der Waals surface area contributed by atoms with Gasteiger partial charge in [-0.15, -0.1) is 0 Å².